The van der Waals surface area contributed by atoms with Crippen LogP contribution in [-0.2, 0) is 10.8 Å². The van der Waals surface area contributed by atoms with Crippen LogP contribution < -0.4 is 0 Å². The zero-order chi connectivity index (χ0) is 23.3. The minimum atomic E-state index is -0.117. The standard InChI is InChI=1S/C31H48O/c1-5-30(3,27-19-11-7-12-20-27)25-17-9-15-23-29(32)24-16-10-18-26-31(4,6-2)28-21-13-8-14-22-28/h7-8,11-14,19-22,29,32H,5-6,9-10,15-18,23-26H2,1-4H3. The van der Waals surface area contributed by atoms with Crippen molar-refractivity contribution in [2.24, 2.45) is 0 Å². The van der Waals surface area contributed by atoms with Crippen molar-refractivity contribution >= 4 is 0 Å². The van der Waals surface area contributed by atoms with Gasteiger partial charge in [0.05, 0.1) is 6.10 Å². The molecule has 0 radical (unpaired) electrons. The lowest BCUT2D eigenvalue weighted by Gasteiger charge is -2.29. The quantitative estimate of drug-likeness (QED) is 0.260. The Bertz CT molecular complexity index is 661. The largest absolute Gasteiger partial charge is 0.393 e. The van der Waals surface area contributed by atoms with Gasteiger partial charge in [0.15, 0.2) is 0 Å². The Labute approximate surface area is 198 Å². The van der Waals surface area contributed by atoms with Gasteiger partial charge in [0, 0.05) is 0 Å². The molecule has 1 N–H and O–H groups in total. The summed E-state index contributed by atoms with van der Waals surface area (Å²) in [5.74, 6) is 0. The van der Waals surface area contributed by atoms with Gasteiger partial charge in [-0.3, -0.25) is 0 Å². The van der Waals surface area contributed by atoms with Crippen LogP contribution in [0.2, 0.25) is 0 Å². The summed E-state index contributed by atoms with van der Waals surface area (Å²) < 4.78 is 0. The topological polar surface area (TPSA) is 20.2 Å². The van der Waals surface area contributed by atoms with E-state index >= 15 is 0 Å². The lowest BCUT2D eigenvalue weighted by molar-refractivity contribution is 0.146. The third-order valence-electron chi connectivity index (χ3n) is 8.03. The molecule has 0 bridgehead atoms. The molecular formula is C31H48O. The van der Waals surface area contributed by atoms with Crippen molar-refractivity contribution in [3.8, 4) is 0 Å². The van der Waals surface area contributed by atoms with Crippen LogP contribution in [0.4, 0.5) is 0 Å². The van der Waals surface area contributed by atoms with E-state index in [4.69, 9.17) is 0 Å². The van der Waals surface area contributed by atoms with Gasteiger partial charge in [-0.25, -0.2) is 0 Å². The molecule has 0 saturated heterocycles. The molecular weight excluding hydrogens is 388 g/mol. The highest BCUT2D eigenvalue weighted by atomic mass is 16.3. The van der Waals surface area contributed by atoms with Gasteiger partial charge in [-0.1, -0.05) is 127 Å². The van der Waals surface area contributed by atoms with E-state index in [1.54, 1.807) is 0 Å². The molecule has 32 heavy (non-hydrogen) atoms. The number of hydrogen-bond donors (Lipinski definition) is 1. The van der Waals surface area contributed by atoms with Crippen LogP contribution in [-0.4, -0.2) is 11.2 Å². The van der Waals surface area contributed by atoms with Gasteiger partial charge >= 0.3 is 0 Å². The highest BCUT2D eigenvalue weighted by Gasteiger charge is 2.24. The molecule has 0 aliphatic heterocycles. The first-order valence-corrected chi connectivity index (χ1v) is 13.2. The van der Waals surface area contributed by atoms with Crippen molar-refractivity contribution in [1.82, 2.24) is 0 Å². The van der Waals surface area contributed by atoms with E-state index in [0.29, 0.717) is 0 Å². The molecule has 2 atom stereocenters. The number of aliphatic hydroxyl groups is 1. The summed E-state index contributed by atoms with van der Waals surface area (Å²) in [5.41, 5.74) is 3.50. The molecule has 0 aliphatic carbocycles. The van der Waals surface area contributed by atoms with Crippen LogP contribution in [0.1, 0.15) is 116 Å². The number of aliphatic hydroxyl groups excluding tert-OH is 1. The highest BCUT2D eigenvalue weighted by Crippen LogP contribution is 2.34. The molecule has 0 amide bonds. The van der Waals surface area contributed by atoms with E-state index in [9.17, 15) is 5.11 Å². The second-order valence-electron chi connectivity index (χ2n) is 10.4. The van der Waals surface area contributed by atoms with Gasteiger partial charge in [-0.15, -0.1) is 0 Å². The Kier molecular flexibility index (Phi) is 11.5. The molecule has 0 aromatic heterocycles. The first-order chi connectivity index (χ1) is 15.4. The van der Waals surface area contributed by atoms with E-state index in [1.807, 2.05) is 0 Å². The van der Waals surface area contributed by atoms with Crippen LogP contribution in [0, 0.1) is 0 Å². The summed E-state index contributed by atoms with van der Waals surface area (Å²) in [6.45, 7) is 9.41. The molecule has 1 heteroatoms. The van der Waals surface area contributed by atoms with Crippen molar-refractivity contribution in [1.29, 1.82) is 0 Å². The van der Waals surface area contributed by atoms with Crippen molar-refractivity contribution in [2.75, 3.05) is 0 Å². The number of rotatable bonds is 16. The lowest BCUT2D eigenvalue weighted by Crippen LogP contribution is -2.20. The minimum Gasteiger partial charge on any atom is -0.393 e. The zero-order valence-corrected chi connectivity index (χ0v) is 21.3. The van der Waals surface area contributed by atoms with E-state index in [-0.39, 0.29) is 16.9 Å². The van der Waals surface area contributed by atoms with Crippen LogP contribution >= 0.6 is 0 Å². The fourth-order valence-electron chi connectivity index (χ4n) is 5.02. The summed E-state index contributed by atoms with van der Waals surface area (Å²) in [7, 11) is 0. The molecule has 2 aromatic rings. The third-order valence-corrected chi connectivity index (χ3v) is 8.03. The third kappa shape index (κ3) is 8.39. The van der Waals surface area contributed by atoms with Gasteiger partial charge in [-0.05, 0) is 60.5 Å². The van der Waals surface area contributed by atoms with Crippen molar-refractivity contribution < 1.29 is 5.11 Å². The van der Waals surface area contributed by atoms with Crippen LogP contribution in [0.3, 0.4) is 0 Å². The molecule has 0 fully saturated rings. The molecule has 0 saturated carbocycles. The molecule has 0 aliphatic rings. The SMILES string of the molecule is CCC(C)(CCCCCC(O)CCCCCC(C)(CC)c1ccccc1)c1ccccc1. The van der Waals surface area contributed by atoms with Gasteiger partial charge < -0.3 is 5.11 Å². The Morgan fingerprint density at radius 1 is 0.594 bits per heavy atom. The summed E-state index contributed by atoms with van der Waals surface area (Å²) >= 11 is 0. The maximum absolute atomic E-state index is 10.4. The van der Waals surface area contributed by atoms with Gasteiger partial charge in [0.25, 0.3) is 0 Å². The summed E-state index contributed by atoms with van der Waals surface area (Å²) in [5, 5.41) is 10.4. The Morgan fingerprint density at radius 3 is 1.31 bits per heavy atom. The predicted octanol–water partition coefficient (Wildman–Crippen LogP) is 8.98. The Morgan fingerprint density at radius 2 is 0.969 bits per heavy atom. The fraction of sp³-hybridized carbons (Fsp3) is 0.613. The molecule has 2 rings (SSSR count). The number of benzene rings is 2. The molecule has 0 heterocycles. The summed E-state index contributed by atoms with van der Waals surface area (Å²) in [6.07, 6.45) is 13.9. The Balaban J connectivity index is 1.57. The van der Waals surface area contributed by atoms with Crippen LogP contribution in [0.15, 0.2) is 60.7 Å². The van der Waals surface area contributed by atoms with Crippen LogP contribution in [0.25, 0.3) is 0 Å². The normalized spacial score (nSPS) is 16.3. The van der Waals surface area contributed by atoms with Gasteiger partial charge in [0.1, 0.15) is 0 Å². The Hall–Kier alpha value is -1.60. The van der Waals surface area contributed by atoms with E-state index in [1.165, 1.54) is 62.5 Å². The fourth-order valence-corrected chi connectivity index (χ4v) is 5.02. The van der Waals surface area contributed by atoms with Gasteiger partial charge in [0.2, 0.25) is 0 Å². The average Bonchev–Trinajstić information content (AvgIpc) is 2.84. The maximum atomic E-state index is 10.4. The van der Waals surface area contributed by atoms with E-state index < -0.39 is 0 Å². The highest BCUT2D eigenvalue weighted by molar-refractivity contribution is 5.25. The smallest absolute Gasteiger partial charge is 0.0540 e. The van der Waals surface area contributed by atoms with Crippen LogP contribution in [0.5, 0.6) is 0 Å². The molecule has 2 aromatic carbocycles. The molecule has 1 nitrogen and oxygen atoms in total. The van der Waals surface area contributed by atoms with E-state index in [0.717, 1.165) is 25.7 Å². The second kappa shape index (κ2) is 13.8. The predicted molar refractivity (Wildman–Crippen MR) is 140 cm³/mol. The van der Waals surface area contributed by atoms with Crippen molar-refractivity contribution in [3.63, 3.8) is 0 Å². The lowest BCUT2D eigenvalue weighted by atomic mass is 9.76. The summed E-state index contributed by atoms with van der Waals surface area (Å²) in [4.78, 5) is 0. The first-order valence-electron chi connectivity index (χ1n) is 13.2. The first kappa shape index (κ1) is 26.7. The summed E-state index contributed by atoms with van der Waals surface area (Å²) in [6, 6.07) is 21.9. The van der Waals surface area contributed by atoms with Crippen molar-refractivity contribution in [3.05, 3.63) is 71.8 Å². The maximum Gasteiger partial charge on any atom is 0.0540 e. The van der Waals surface area contributed by atoms with Gasteiger partial charge in [-0.2, -0.15) is 0 Å². The van der Waals surface area contributed by atoms with E-state index in [2.05, 4.69) is 88.4 Å². The number of unbranched alkanes of at least 4 members (excludes halogenated alkanes) is 4. The molecule has 178 valence electrons. The zero-order valence-electron chi connectivity index (χ0n) is 21.3. The molecule has 2 unspecified atom stereocenters. The number of hydrogen-bond acceptors (Lipinski definition) is 1. The van der Waals surface area contributed by atoms with Crippen molar-refractivity contribution in [2.45, 2.75) is 122 Å². The molecule has 0 spiro atoms. The second-order valence-corrected chi connectivity index (χ2v) is 10.4. The monoisotopic (exact) mass is 436 g/mol. The minimum absolute atomic E-state index is 0.117. The average molecular weight is 437 g/mol.